The summed E-state index contributed by atoms with van der Waals surface area (Å²) in [6.45, 7) is 4.29. The van der Waals surface area contributed by atoms with Gasteiger partial charge >= 0.3 is 6.01 Å². The lowest BCUT2D eigenvalue weighted by molar-refractivity contribution is -0.116. The Hall–Kier alpha value is -3.41. The van der Waals surface area contributed by atoms with Crippen LogP contribution >= 0.6 is 0 Å². The Kier molecular flexibility index (Phi) is 6.57. The highest BCUT2D eigenvalue weighted by Crippen LogP contribution is 2.21. The molecule has 0 unspecified atom stereocenters. The van der Waals surface area contributed by atoms with Gasteiger partial charge in [-0.1, -0.05) is 18.2 Å². The summed E-state index contributed by atoms with van der Waals surface area (Å²) < 4.78 is 11.3. The number of para-hydroxylation sites is 1. The van der Waals surface area contributed by atoms with E-state index in [4.69, 9.17) is 9.47 Å². The van der Waals surface area contributed by atoms with Crippen molar-refractivity contribution in [2.45, 2.75) is 26.7 Å². The molecular formula is C22H23N3O3. The molecule has 28 heavy (non-hydrogen) atoms. The molecule has 144 valence electrons. The number of anilines is 1. The Morgan fingerprint density at radius 1 is 0.929 bits per heavy atom. The molecule has 1 aromatic heterocycles. The summed E-state index contributed by atoms with van der Waals surface area (Å²) in [5, 5.41) is 2.87. The fraction of sp³-hybridized carbons (Fsp3) is 0.227. The van der Waals surface area contributed by atoms with Gasteiger partial charge in [-0.25, -0.2) is 9.97 Å². The molecule has 6 heteroatoms. The molecule has 0 atom stereocenters. The molecule has 0 aliphatic heterocycles. The molecule has 1 amide bonds. The minimum atomic E-state index is -0.0528. The van der Waals surface area contributed by atoms with Crippen LogP contribution in [0, 0.1) is 13.8 Å². The van der Waals surface area contributed by atoms with E-state index in [2.05, 4.69) is 15.3 Å². The van der Waals surface area contributed by atoms with Gasteiger partial charge in [0.2, 0.25) is 5.91 Å². The lowest BCUT2D eigenvalue weighted by Crippen LogP contribution is -2.12. The number of hydrogen-bond acceptors (Lipinski definition) is 5. The second-order valence-corrected chi connectivity index (χ2v) is 6.37. The number of ether oxygens (including phenoxy) is 2. The second kappa shape index (κ2) is 9.50. The first kappa shape index (κ1) is 19.4. The minimum absolute atomic E-state index is 0.0528. The van der Waals surface area contributed by atoms with Crippen molar-refractivity contribution >= 4 is 11.6 Å². The van der Waals surface area contributed by atoms with Crippen LogP contribution in [0.2, 0.25) is 0 Å². The van der Waals surface area contributed by atoms with Crippen molar-refractivity contribution < 1.29 is 14.3 Å². The summed E-state index contributed by atoms with van der Waals surface area (Å²) in [7, 11) is 0. The lowest BCUT2D eigenvalue weighted by atomic mass is 10.2. The third-order valence-electron chi connectivity index (χ3n) is 3.87. The zero-order valence-corrected chi connectivity index (χ0v) is 16.0. The van der Waals surface area contributed by atoms with E-state index in [1.54, 1.807) is 24.3 Å². The van der Waals surface area contributed by atoms with Crippen molar-refractivity contribution in [1.82, 2.24) is 9.97 Å². The summed E-state index contributed by atoms with van der Waals surface area (Å²) in [6.07, 6.45) is 1.04. The van der Waals surface area contributed by atoms with E-state index in [9.17, 15) is 4.79 Å². The Morgan fingerprint density at radius 2 is 1.61 bits per heavy atom. The third-order valence-corrected chi connectivity index (χ3v) is 3.87. The molecule has 0 radical (unpaired) electrons. The molecule has 0 aliphatic rings. The molecule has 3 rings (SSSR count). The number of amides is 1. The van der Waals surface area contributed by atoms with Gasteiger partial charge in [0.15, 0.2) is 0 Å². The summed E-state index contributed by atoms with van der Waals surface area (Å²) in [4.78, 5) is 20.6. The molecule has 0 bridgehead atoms. The molecular weight excluding hydrogens is 354 g/mol. The summed E-state index contributed by atoms with van der Waals surface area (Å²) in [5.41, 5.74) is 2.41. The van der Waals surface area contributed by atoms with Crippen LogP contribution in [0.3, 0.4) is 0 Å². The first-order valence-electron chi connectivity index (χ1n) is 9.16. The standard InChI is InChI=1S/C22H23N3O3/c1-16-15-17(2)24-22(23-16)28-20-12-10-18(11-13-20)25-21(26)9-6-14-27-19-7-4-3-5-8-19/h3-5,7-8,10-13,15H,6,9,14H2,1-2H3,(H,25,26). The van der Waals surface area contributed by atoms with E-state index in [0.29, 0.717) is 36.9 Å². The highest BCUT2D eigenvalue weighted by Gasteiger charge is 2.05. The number of carbonyl (C=O) groups is 1. The average Bonchev–Trinajstić information content (AvgIpc) is 2.67. The first-order chi connectivity index (χ1) is 13.6. The summed E-state index contributed by atoms with van der Waals surface area (Å²) in [6, 6.07) is 18.9. The molecule has 2 aromatic carbocycles. The van der Waals surface area contributed by atoms with E-state index < -0.39 is 0 Å². The van der Waals surface area contributed by atoms with Gasteiger partial charge in [0.25, 0.3) is 0 Å². The van der Waals surface area contributed by atoms with Gasteiger partial charge < -0.3 is 14.8 Å². The Bertz CT molecular complexity index is 892. The van der Waals surface area contributed by atoms with Crippen LogP contribution in [-0.4, -0.2) is 22.5 Å². The molecule has 3 aromatic rings. The Balaban J connectivity index is 1.43. The smallest absolute Gasteiger partial charge is 0.322 e. The van der Waals surface area contributed by atoms with Crippen molar-refractivity contribution in [3.8, 4) is 17.5 Å². The molecule has 6 nitrogen and oxygen atoms in total. The Morgan fingerprint density at radius 3 is 2.29 bits per heavy atom. The predicted octanol–water partition coefficient (Wildman–Crippen LogP) is 4.68. The molecule has 0 saturated carbocycles. The maximum absolute atomic E-state index is 12.1. The molecule has 0 spiro atoms. The van der Waals surface area contributed by atoms with Gasteiger partial charge in [-0.3, -0.25) is 4.79 Å². The van der Waals surface area contributed by atoms with Crippen molar-refractivity contribution in [3.63, 3.8) is 0 Å². The fourth-order valence-electron chi connectivity index (χ4n) is 2.61. The molecule has 0 saturated heterocycles. The molecule has 0 fully saturated rings. The van der Waals surface area contributed by atoms with Crippen LogP contribution in [0.5, 0.6) is 17.5 Å². The normalized spacial score (nSPS) is 10.4. The van der Waals surface area contributed by atoms with E-state index >= 15 is 0 Å². The highest BCUT2D eigenvalue weighted by molar-refractivity contribution is 5.90. The highest BCUT2D eigenvalue weighted by atomic mass is 16.5. The van der Waals surface area contributed by atoms with Crippen LogP contribution in [0.1, 0.15) is 24.2 Å². The van der Waals surface area contributed by atoms with Crippen LogP contribution < -0.4 is 14.8 Å². The molecule has 0 aliphatic carbocycles. The van der Waals surface area contributed by atoms with Crippen molar-refractivity contribution in [1.29, 1.82) is 0 Å². The maximum Gasteiger partial charge on any atom is 0.322 e. The van der Waals surface area contributed by atoms with Gasteiger partial charge in [-0.2, -0.15) is 0 Å². The van der Waals surface area contributed by atoms with Crippen molar-refractivity contribution in [2.75, 3.05) is 11.9 Å². The van der Waals surface area contributed by atoms with E-state index in [0.717, 1.165) is 17.1 Å². The van der Waals surface area contributed by atoms with Gasteiger partial charge in [0, 0.05) is 23.5 Å². The molecule has 1 heterocycles. The number of hydrogen-bond donors (Lipinski definition) is 1. The van der Waals surface area contributed by atoms with Crippen LogP contribution in [0.15, 0.2) is 60.7 Å². The number of carbonyl (C=O) groups excluding carboxylic acids is 1. The van der Waals surface area contributed by atoms with Gasteiger partial charge in [0.1, 0.15) is 11.5 Å². The third kappa shape index (κ3) is 6.09. The Labute approximate surface area is 164 Å². The van der Waals surface area contributed by atoms with Crippen LogP contribution in [0.25, 0.3) is 0 Å². The molecule has 1 N–H and O–H groups in total. The average molecular weight is 377 g/mol. The number of nitrogens with one attached hydrogen (secondary N) is 1. The number of benzene rings is 2. The van der Waals surface area contributed by atoms with E-state index in [1.807, 2.05) is 50.2 Å². The zero-order chi connectivity index (χ0) is 19.8. The maximum atomic E-state index is 12.1. The fourth-order valence-corrected chi connectivity index (χ4v) is 2.61. The van der Waals surface area contributed by atoms with Gasteiger partial charge in [-0.15, -0.1) is 0 Å². The van der Waals surface area contributed by atoms with E-state index in [-0.39, 0.29) is 5.91 Å². The number of rotatable bonds is 8. The summed E-state index contributed by atoms with van der Waals surface area (Å²) in [5.74, 6) is 1.37. The quantitative estimate of drug-likeness (QED) is 0.577. The minimum Gasteiger partial charge on any atom is -0.494 e. The van der Waals surface area contributed by atoms with Crippen molar-refractivity contribution in [2.24, 2.45) is 0 Å². The number of nitrogens with zero attached hydrogens (tertiary/aromatic N) is 2. The van der Waals surface area contributed by atoms with Crippen LogP contribution in [0.4, 0.5) is 5.69 Å². The monoisotopic (exact) mass is 377 g/mol. The van der Waals surface area contributed by atoms with Gasteiger partial charge in [0.05, 0.1) is 6.61 Å². The van der Waals surface area contributed by atoms with E-state index in [1.165, 1.54) is 0 Å². The zero-order valence-electron chi connectivity index (χ0n) is 16.0. The van der Waals surface area contributed by atoms with Crippen molar-refractivity contribution in [3.05, 3.63) is 72.1 Å². The lowest BCUT2D eigenvalue weighted by Gasteiger charge is -2.08. The number of aryl methyl sites for hydroxylation is 2. The topological polar surface area (TPSA) is 73.3 Å². The first-order valence-corrected chi connectivity index (χ1v) is 9.16. The number of aromatic nitrogens is 2. The predicted molar refractivity (Wildman–Crippen MR) is 108 cm³/mol. The van der Waals surface area contributed by atoms with Gasteiger partial charge in [-0.05, 0) is 62.7 Å². The van der Waals surface area contributed by atoms with Crippen LogP contribution in [-0.2, 0) is 4.79 Å². The summed E-state index contributed by atoms with van der Waals surface area (Å²) >= 11 is 0. The SMILES string of the molecule is Cc1cc(C)nc(Oc2ccc(NC(=O)CCCOc3ccccc3)cc2)n1. The second-order valence-electron chi connectivity index (χ2n) is 6.37. The largest absolute Gasteiger partial charge is 0.494 e.